The Morgan fingerprint density at radius 2 is 1.80 bits per heavy atom. The summed E-state index contributed by atoms with van der Waals surface area (Å²) in [5.41, 5.74) is 5.98. The highest BCUT2D eigenvalue weighted by Crippen LogP contribution is 2.23. The predicted octanol–water partition coefficient (Wildman–Crippen LogP) is 2.88. The zero-order chi connectivity index (χ0) is 14.6. The molecule has 0 saturated heterocycles. The third kappa shape index (κ3) is 3.74. The van der Waals surface area contributed by atoms with Gasteiger partial charge in [0.2, 0.25) is 0 Å². The Bertz CT molecular complexity index is 687. The largest absolute Gasteiger partial charge is 0.493 e. The molecule has 6 heteroatoms. The summed E-state index contributed by atoms with van der Waals surface area (Å²) in [6.45, 7) is 0.0852. The Balaban J connectivity index is 2.04. The van der Waals surface area contributed by atoms with Crippen molar-refractivity contribution in [3.8, 4) is 5.75 Å². The van der Waals surface area contributed by atoms with E-state index in [1.807, 2.05) is 18.2 Å². The van der Waals surface area contributed by atoms with E-state index in [0.717, 1.165) is 4.47 Å². The van der Waals surface area contributed by atoms with Crippen LogP contribution in [0, 0.1) is 0 Å². The highest BCUT2D eigenvalue weighted by Gasteiger charge is 2.17. The number of nitrogens with two attached hydrogens (primary N) is 1. The van der Waals surface area contributed by atoms with Crippen molar-refractivity contribution in [2.45, 2.75) is 4.90 Å². The third-order valence-corrected chi connectivity index (χ3v) is 4.91. The van der Waals surface area contributed by atoms with Gasteiger partial charge in [0.25, 0.3) is 0 Å². The van der Waals surface area contributed by atoms with Gasteiger partial charge < -0.3 is 10.5 Å². The number of nitrogen functional groups attached to an aromatic ring is 1. The van der Waals surface area contributed by atoms with Gasteiger partial charge in [0.1, 0.15) is 12.4 Å². The first kappa shape index (κ1) is 14.9. The van der Waals surface area contributed by atoms with Crippen LogP contribution in [0.4, 0.5) is 5.69 Å². The van der Waals surface area contributed by atoms with E-state index in [1.54, 1.807) is 24.3 Å². The first-order valence-electron chi connectivity index (χ1n) is 5.95. The molecule has 4 nitrogen and oxygen atoms in total. The number of hydrogen-bond acceptors (Lipinski definition) is 4. The average Bonchev–Trinajstić information content (AvgIpc) is 2.39. The van der Waals surface area contributed by atoms with Gasteiger partial charge in [0.05, 0.1) is 16.3 Å². The number of halogens is 1. The van der Waals surface area contributed by atoms with Crippen LogP contribution >= 0.6 is 15.9 Å². The van der Waals surface area contributed by atoms with Crippen LogP contribution in [0.2, 0.25) is 0 Å². The standard InChI is InChI=1S/C14H14BrNO3S/c15-11-6-7-14(13(16)10-11)20(17,18)9-8-19-12-4-2-1-3-5-12/h1-7,10H,8-9,16H2. The fourth-order valence-electron chi connectivity index (χ4n) is 1.70. The molecule has 2 N–H and O–H groups in total. The van der Waals surface area contributed by atoms with E-state index in [0.29, 0.717) is 5.75 Å². The number of anilines is 1. The monoisotopic (exact) mass is 355 g/mol. The molecule has 0 fully saturated rings. The van der Waals surface area contributed by atoms with E-state index in [4.69, 9.17) is 10.5 Å². The predicted molar refractivity (Wildman–Crippen MR) is 82.5 cm³/mol. The number of ether oxygens (including phenoxy) is 1. The minimum Gasteiger partial charge on any atom is -0.493 e. The van der Waals surface area contributed by atoms with E-state index in [-0.39, 0.29) is 22.9 Å². The maximum Gasteiger partial charge on any atom is 0.183 e. The molecule has 0 radical (unpaired) electrons. The molecule has 0 aromatic heterocycles. The quantitative estimate of drug-likeness (QED) is 0.837. The molecule has 0 atom stereocenters. The molecule has 2 aromatic carbocycles. The maximum absolute atomic E-state index is 12.2. The van der Waals surface area contributed by atoms with Crippen molar-refractivity contribution in [3.05, 3.63) is 53.0 Å². The zero-order valence-electron chi connectivity index (χ0n) is 10.6. The fourth-order valence-corrected chi connectivity index (χ4v) is 3.29. The van der Waals surface area contributed by atoms with Crippen LogP contribution in [0.1, 0.15) is 0 Å². The SMILES string of the molecule is Nc1cc(Br)ccc1S(=O)(=O)CCOc1ccccc1. The summed E-state index contributed by atoms with van der Waals surface area (Å²) in [5, 5.41) is 0. The summed E-state index contributed by atoms with van der Waals surface area (Å²) in [6, 6.07) is 13.8. The van der Waals surface area contributed by atoms with E-state index in [2.05, 4.69) is 15.9 Å². The summed E-state index contributed by atoms with van der Waals surface area (Å²) < 4.78 is 30.5. The molecule has 0 bridgehead atoms. The molecule has 2 rings (SSSR count). The van der Waals surface area contributed by atoms with Crippen LogP contribution in [-0.4, -0.2) is 20.8 Å². The van der Waals surface area contributed by atoms with Gasteiger partial charge in [-0.25, -0.2) is 8.42 Å². The van der Waals surface area contributed by atoms with Crippen LogP contribution in [-0.2, 0) is 9.84 Å². The second kappa shape index (κ2) is 6.28. The van der Waals surface area contributed by atoms with E-state index >= 15 is 0 Å². The van der Waals surface area contributed by atoms with Crippen LogP contribution in [0.25, 0.3) is 0 Å². The molecule has 106 valence electrons. The van der Waals surface area contributed by atoms with Gasteiger partial charge in [-0.3, -0.25) is 0 Å². The lowest BCUT2D eigenvalue weighted by Gasteiger charge is -2.09. The number of sulfone groups is 1. The van der Waals surface area contributed by atoms with E-state index in [1.165, 1.54) is 6.07 Å². The highest BCUT2D eigenvalue weighted by molar-refractivity contribution is 9.10. The molecule has 0 aliphatic carbocycles. The van der Waals surface area contributed by atoms with Gasteiger partial charge in [0.15, 0.2) is 9.84 Å². The molecule has 0 aliphatic heterocycles. The van der Waals surface area contributed by atoms with Gasteiger partial charge in [-0.05, 0) is 30.3 Å². The van der Waals surface area contributed by atoms with Crippen molar-refractivity contribution >= 4 is 31.5 Å². The number of hydrogen-bond donors (Lipinski definition) is 1. The van der Waals surface area contributed by atoms with Crippen molar-refractivity contribution in [3.63, 3.8) is 0 Å². The first-order valence-corrected chi connectivity index (χ1v) is 8.39. The van der Waals surface area contributed by atoms with Crippen LogP contribution in [0.15, 0.2) is 57.9 Å². The molecule has 2 aromatic rings. The Labute approximate surface area is 126 Å². The molecule has 0 aliphatic rings. The lowest BCUT2D eigenvalue weighted by atomic mass is 10.3. The zero-order valence-corrected chi connectivity index (χ0v) is 13.0. The van der Waals surface area contributed by atoms with Gasteiger partial charge in [-0.15, -0.1) is 0 Å². The topological polar surface area (TPSA) is 69.4 Å². The Morgan fingerprint density at radius 3 is 2.45 bits per heavy atom. The third-order valence-electron chi connectivity index (χ3n) is 2.67. The average molecular weight is 356 g/mol. The first-order chi connectivity index (χ1) is 9.49. The lowest BCUT2D eigenvalue weighted by Crippen LogP contribution is -2.15. The number of benzene rings is 2. The molecule has 0 heterocycles. The molecular weight excluding hydrogens is 342 g/mol. The highest BCUT2D eigenvalue weighted by atomic mass is 79.9. The van der Waals surface area contributed by atoms with Crippen LogP contribution in [0.5, 0.6) is 5.75 Å². The van der Waals surface area contributed by atoms with Crippen molar-refractivity contribution in [2.24, 2.45) is 0 Å². The summed E-state index contributed by atoms with van der Waals surface area (Å²) in [7, 11) is -3.45. The van der Waals surface area contributed by atoms with E-state index in [9.17, 15) is 8.42 Å². The van der Waals surface area contributed by atoms with Crippen molar-refractivity contribution in [1.82, 2.24) is 0 Å². The second-order valence-electron chi connectivity index (χ2n) is 4.16. The summed E-state index contributed by atoms with van der Waals surface area (Å²) in [5.74, 6) is 0.528. The van der Waals surface area contributed by atoms with Gasteiger partial charge >= 0.3 is 0 Å². The van der Waals surface area contributed by atoms with E-state index < -0.39 is 9.84 Å². The van der Waals surface area contributed by atoms with Crippen molar-refractivity contribution in [2.75, 3.05) is 18.1 Å². The Kier molecular flexibility index (Phi) is 4.67. The minimum absolute atomic E-state index is 0.0852. The van der Waals surface area contributed by atoms with Gasteiger partial charge in [0, 0.05) is 4.47 Å². The fraction of sp³-hybridized carbons (Fsp3) is 0.143. The lowest BCUT2D eigenvalue weighted by molar-refractivity contribution is 0.341. The Hall–Kier alpha value is -1.53. The molecule has 0 saturated carbocycles. The minimum atomic E-state index is -3.45. The smallest absolute Gasteiger partial charge is 0.183 e. The molecule has 0 spiro atoms. The van der Waals surface area contributed by atoms with Gasteiger partial charge in [-0.2, -0.15) is 0 Å². The molecule has 0 amide bonds. The summed E-state index contributed by atoms with van der Waals surface area (Å²) in [4.78, 5) is 0.136. The van der Waals surface area contributed by atoms with Crippen molar-refractivity contribution < 1.29 is 13.2 Å². The number of rotatable bonds is 5. The van der Waals surface area contributed by atoms with Crippen LogP contribution < -0.4 is 10.5 Å². The number of para-hydroxylation sites is 1. The second-order valence-corrected chi connectivity index (χ2v) is 7.16. The summed E-state index contributed by atoms with van der Waals surface area (Å²) in [6.07, 6.45) is 0. The van der Waals surface area contributed by atoms with Gasteiger partial charge in [-0.1, -0.05) is 34.1 Å². The molecule has 0 unspecified atom stereocenters. The van der Waals surface area contributed by atoms with Crippen LogP contribution in [0.3, 0.4) is 0 Å². The molecular formula is C14H14BrNO3S. The molecule has 20 heavy (non-hydrogen) atoms. The summed E-state index contributed by atoms with van der Waals surface area (Å²) >= 11 is 3.25. The normalized spacial score (nSPS) is 11.2. The van der Waals surface area contributed by atoms with Crippen molar-refractivity contribution in [1.29, 1.82) is 0 Å². The Morgan fingerprint density at radius 1 is 1.10 bits per heavy atom. The maximum atomic E-state index is 12.2.